The normalized spacial score (nSPS) is 24.1. The van der Waals surface area contributed by atoms with Crippen molar-refractivity contribution in [1.29, 1.82) is 0 Å². The number of Topliss-reactive ketones (excluding diaryl/α,β-unsaturated/α-hetero) is 1. The van der Waals surface area contributed by atoms with Gasteiger partial charge in [-0.15, -0.1) is 0 Å². The van der Waals surface area contributed by atoms with E-state index in [1.807, 2.05) is 0 Å². The third-order valence-electron chi connectivity index (χ3n) is 6.76. The number of carbonyl (C=O) groups is 3. The van der Waals surface area contributed by atoms with Gasteiger partial charge in [-0.1, -0.05) is 31.6 Å². The number of amides is 2. The maximum atomic E-state index is 13.7. The van der Waals surface area contributed by atoms with E-state index in [9.17, 15) is 24.5 Å². The number of non-ortho nitro benzene ring substituents is 1. The molecule has 10 nitrogen and oxygen atoms in total. The number of carbonyl (C=O) groups excluding carboxylic acids is 3. The highest BCUT2D eigenvalue weighted by Crippen LogP contribution is 2.46. The van der Waals surface area contributed by atoms with Crippen molar-refractivity contribution in [1.82, 2.24) is 5.01 Å². The number of nitrogens with zero attached hydrogens (tertiary/aromatic N) is 4. The second-order valence-electron chi connectivity index (χ2n) is 8.90. The van der Waals surface area contributed by atoms with Crippen LogP contribution in [-0.2, 0) is 9.59 Å². The van der Waals surface area contributed by atoms with Gasteiger partial charge in [0.15, 0.2) is 5.78 Å². The average molecular weight is 489 g/mol. The fourth-order valence-corrected chi connectivity index (χ4v) is 5.06. The Kier molecular flexibility index (Phi) is 6.09. The molecule has 2 aromatic rings. The highest BCUT2D eigenvalue weighted by atomic mass is 16.6. The second kappa shape index (κ2) is 9.37. The summed E-state index contributed by atoms with van der Waals surface area (Å²) < 4.78 is 5.67. The van der Waals surface area contributed by atoms with Crippen LogP contribution in [0.2, 0.25) is 0 Å². The molecular formula is C26H24N4O6. The first kappa shape index (κ1) is 23.4. The van der Waals surface area contributed by atoms with Gasteiger partial charge in [-0.2, -0.15) is 5.10 Å². The first-order valence-electron chi connectivity index (χ1n) is 11.8. The van der Waals surface area contributed by atoms with E-state index in [2.05, 4.69) is 12.0 Å². The number of ketones is 1. The Bertz CT molecular complexity index is 1290. The van der Waals surface area contributed by atoms with Gasteiger partial charge < -0.3 is 4.74 Å². The molecule has 3 heterocycles. The van der Waals surface area contributed by atoms with Crippen molar-refractivity contribution < 1.29 is 24.0 Å². The Balaban J connectivity index is 1.47. The first-order chi connectivity index (χ1) is 17.4. The summed E-state index contributed by atoms with van der Waals surface area (Å²) in [5.74, 6) is -2.54. The number of unbranched alkanes of at least 4 members (excludes halogenated alkanes) is 1. The Hall–Kier alpha value is -4.34. The zero-order chi connectivity index (χ0) is 25.4. The number of nitro groups is 1. The minimum absolute atomic E-state index is 0.0885. The van der Waals surface area contributed by atoms with Crippen LogP contribution in [0.25, 0.3) is 0 Å². The maximum absolute atomic E-state index is 13.7. The third-order valence-corrected chi connectivity index (χ3v) is 6.76. The van der Waals surface area contributed by atoms with Crippen LogP contribution in [-0.4, -0.2) is 52.4 Å². The number of fused-ring (bicyclic) bond motifs is 3. The first-order valence-corrected chi connectivity index (χ1v) is 11.8. The summed E-state index contributed by atoms with van der Waals surface area (Å²) in [6, 6.07) is 10.5. The number of anilines is 1. The lowest BCUT2D eigenvalue weighted by Crippen LogP contribution is -2.46. The predicted molar refractivity (Wildman–Crippen MR) is 131 cm³/mol. The number of ether oxygens (including phenoxy) is 1. The molecule has 3 aliphatic rings. The van der Waals surface area contributed by atoms with Crippen LogP contribution in [0.3, 0.4) is 0 Å². The topological polar surface area (TPSA) is 122 Å². The van der Waals surface area contributed by atoms with Crippen LogP contribution in [0, 0.1) is 22.0 Å². The number of hydrazone groups is 1. The van der Waals surface area contributed by atoms with E-state index in [1.54, 1.807) is 36.4 Å². The smallest absolute Gasteiger partial charge is 0.270 e. The Morgan fingerprint density at radius 3 is 2.58 bits per heavy atom. The molecule has 2 amide bonds. The fourth-order valence-electron chi connectivity index (χ4n) is 5.06. The molecule has 3 aliphatic heterocycles. The molecule has 0 N–H and O–H groups in total. The third kappa shape index (κ3) is 3.84. The number of nitro benzene ring substituents is 1. The van der Waals surface area contributed by atoms with E-state index in [-0.39, 0.29) is 11.3 Å². The van der Waals surface area contributed by atoms with Crippen molar-refractivity contribution in [2.24, 2.45) is 16.9 Å². The van der Waals surface area contributed by atoms with E-state index in [0.717, 1.165) is 17.7 Å². The van der Waals surface area contributed by atoms with E-state index in [1.165, 1.54) is 35.5 Å². The molecule has 0 aromatic heterocycles. The molecule has 184 valence electrons. The van der Waals surface area contributed by atoms with Gasteiger partial charge in [0.2, 0.25) is 11.8 Å². The molecule has 4 atom stereocenters. The Morgan fingerprint density at radius 1 is 1.11 bits per heavy atom. The number of hydrogen-bond acceptors (Lipinski definition) is 8. The molecular weight excluding hydrogens is 464 g/mol. The summed E-state index contributed by atoms with van der Waals surface area (Å²) in [5.41, 5.74) is 0.259. The molecule has 36 heavy (non-hydrogen) atoms. The van der Waals surface area contributed by atoms with Gasteiger partial charge >= 0.3 is 0 Å². The molecule has 0 unspecified atom stereocenters. The zero-order valence-electron chi connectivity index (χ0n) is 19.5. The van der Waals surface area contributed by atoms with Crippen molar-refractivity contribution in [2.75, 3.05) is 11.5 Å². The SMILES string of the molecule is CCCCOc1ccc(N2C(=O)[C@@H]3[C@H](C2=O)[C@@H](C(=O)c2cccc([N+](=O)[O-])c2)N2N=CC=C[C@@H]32)cc1. The highest BCUT2D eigenvalue weighted by Gasteiger charge is 2.64. The zero-order valence-corrected chi connectivity index (χ0v) is 19.5. The highest BCUT2D eigenvalue weighted by molar-refractivity contribution is 6.24. The lowest BCUT2D eigenvalue weighted by Gasteiger charge is -2.30. The van der Waals surface area contributed by atoms with Gasteiger partial charge in [-0.05, 0) is 36.8 Å². The molecule has 0 saturated carbocycles. The van der Waals surface area contributed by atoms with Gasteiger partial charge in [0, 0.05) is 23.9 Å². The molecule has 10 heteroatoms. The summed E-state index contributed by atoms with van der Waals surface area (Å²) in [7, 11) is 0. The van der Waals surface area contributed by atoms with E-state index >= 15 is 0 Å². The summed E-state index contributed by atoms with van der Waals surface area (Å²) in [6.45, 7) is 2.65. The van der Waals surface area contributed by atoms with Gasteiger partial charge in [0.25, 0.3) is 5.69 Å². The number of imide groups is 1. The summed E-state index contributed by atoms with van der Waals surface area (Å²) >= 11 is 0. The van der Waals surface area contributed by atoms with Crippen molar-refractivity contribution in [2.45, 2.75) is 31.8 Å². The average Bonchev–Trinajstić information content (AvgIpc) is 3.36. The lowest BCUT2D eigenvalue weighted by molar-refractivity contribution is -0.384. The van der Waals surface area contributed by atoms with Crippen molar-refractivity contribution in [3.63, 3.8) is 0 Å². The minimum Gasteiger partial charge on any atom is -0.494 e. The van der Waals surface area contributed by atoms with Gasteiger partial charge in [-0.3, -0.25) is 29.5 Å². The molecule has 2 aromatic carbocycles. The second-order valence-corrected chi connectivity index (χ2v) is 8.90. The van der Waals surface area contributed by atoms with Crippen LogP contribution >= 0.6 is 0 Å². The van der Waals surface area contributed by atoms with Gasteiger partial charge in [0.05, 0.1) is 35.1 Å². The molecule has 0 bridgehead atoms. The van der Waals surface area contributed by atoms with E-state index in [0.29, 0.717) is 18.0 Å². The maximum Gasteiger partial charge on any atom is 0.270 e. The molecule has 0 spiro atoms. The number of benzene rings is 2. The van der Waals surface area contributed by atoms with Gasteiger partial charge in [-0.25, -0.2) is 4.90 Å². The molecule has 5 rings (SSSR count). The van der Waals surface area contributed by atoms with Crippen LogP contribution in [0.4, 0.5) is 11.4 Å². The predicted octanol–water partition coefficient (Wildman–Crippen LogP) is 3.37. The Morgan fingerprint density at radius 2 is 1.86 bits per heavy atom. The van der Waals surface area contributed by atoms with Crippen molar-refractivity contribution in [3.8, 4) is 5.75 Å². The van der Waals surface area contributed by atoms with Crippen molar-refractivity contribution >= 4 is 35.2 Å². The van der Waals surface area contributed by atoms with Gasteiger partial charge in [0.1, 0.15) is 11.8 Å². The number of allylic oxidation sites excluding steroid dienone is 1. The molecule has 2 fully saturated rings. The molecule has 2 saturated heterocycles. The number of hydrogen-bond donors (Lipinski definition) is 0. The summed E-state index contributed by atoms with van der Waals surface area (Å²) in [4.78, 5) is 52.6. The fraction of sp³-hybridized carbons (Fsp3) is 0.308. The Labute approximate surface area is 207 Å². The van der Waals surface area contributed by atoms with E-state index < -0.39 is 46.4 Å². The van der Waals surface area contributed by atoms with E-state index in [4.69, 9.17) is 4.74 Å². The largest absolute Gasteiger partial charge is 0.494 e. The minimum atomic E-state index is -1.07. The lowest BCUT2D eigenvalue weighted by atomic mass is 9.86. The van der Waals surface area contributed by atoms with Crippen LogP contribution in [0.1, 0.15) is 30.1 Å². The van der Waals surface area contributed by atoms with Crippen LogP contribution < -0.4 is 9.64 Å². The number of rotatable bonds is 8. The van der Waals surface area contributed by atoms with Crippen LogP contribution in [0.15, 0.2) is 65.8 Å². The molecule has 0 radical (unpaired) electrons. The monoisotopic (exact) mass is 488 g/mol. The quantitative estimate of drug-likeness (QED) is 0.184. The standard InChI is InChI=1S/C26H24N4O6/c1-2-3-14-36-19-11-9-17(10-12-19)28-25(32)21-20-8-5-13-27-29(20)23(22(21)26(28)33)24(31)16-6-4-7-18(15-16)30(34)35/h4-13,15,20-23H,2-3,14H2,1H3/t20-,21-,22-,23-/m0/s1. The van der Waals surface area contributed by atoms with Crippen molar-refractivity contribution in [3.05, 3.63) is 76.4 Å². The molecule has 0 aliphatic carbocycles. The summed E-state index contributed by atoms with van der Waals surface area (Å²) in [6.07, 6.45) is 6.86. The van der Waals surface area contributed by atoms with Crippen LogP contribution in [0.5, 0.6) is 5.75 Å². The summed E-state index contributed by atoms with van der Waals surface area (Å²) in [5, 5.41) is 17.0.